The molecule has 0 bridgehead atoms. The van der Waals surface area contributed by atoms with Gasteiger partial charge < -0.3 is 14.5 Å². The van der Waals surface area contributed by atoms with Gasteiger partial charge in [0.25, 0.3) is 5.91 Å². The summed E-state index contributed by atoms with van der Waals surface area (Å²) in [6.45, 7) is 1.65. The highest BCUT2D eigenvalue weighted by Crippen LogP contribution is 2.27. The Morgan fingerprint density at radius 1 is 1.30 bits per heavy atom. The van der Waals surface area contributed by atoms with Gasteiger partial charge in [0.05, 0.1) is 5.88 Å². The quantitative estimate of drug-likeness (QED) is 0.810. The third kappa shape index (κ3) is 4.46. The number of hydrogen-bond donors (Lipinski definition) is 0. The van der Waals surface area contributed by atoms with E-state index in [1.165, 1.54) is 4.90 Å². The van der Waals surface area contributed by atoms with E-state index in [-0.39, 0.29) is 11.8 Å². The molecule has 1 saturated heterocycles. The Balaban J connectivity index is 2.08. The summed E-state index contributed by atoms with van der Waals surface area (Å²) in [6.07, 6.45) is -0.735. The molecule has 1 heterocycles. The van der Waals surface area contributed by atoms with Gasteiger partial charge in [0.1, 0.15) is 11.8 Å². The van der Waals surface area contributed by atoms with Gasteiger partial charge in [-0.3, -0.25) is 9.59 Å². The SMILES string of the molecule is C[C@H](Oc1cc(Cl)cc(Cl)c1)C(=O)N1CSC[C@H]1C(=O)N(C)C. The Hall–Kier alpha value is -1.11. The predicted octanol–water partition coefficient (Wildman–Crippen LogP) is 2.75. The van der Waals surface area contributed by atoms with E-state index in [0.29, 0.717) is 27.4 Å². The maximum Gasteiger partial charge on any atom is 0.264 e. The summed E-state index contributed by atoms with van der Waals surface area (Å²) in [5, 5.41) is 0.870. The zero-order chi connectivity index (χ0) is 17.1. The Kier molecular flexibility index (Phi) is 6.06. The number of rotatable bonds is 4. The molecule has 0 unspecified atom stereocenters. The highest BCUT2D eigenvalue weighted by Gasteiger charge is 2.37. The fourth-order valence-corrected chi connectivity index (χ4v) is 3.91. The molecule has 1 aromatic rings. The molecule has 1 aliphatic rings. The monoisotopic (exact) mass is 376 g/mol. The number of benzene rings is 1. The molecule has 23 heavy (non-hydrogen) atoms. The summed E-state index contributed by atoms with van der Waals surface area (Å²) in [5.41, 5.74) is 0. The molecule has 0 aliphatic carbocycles. The number of carbonyl (C=O) groups excluding carboxylic acids is 2. The van der Waals surface area contributed by atoms with Crippen LogP contribution in [0, 0.1) is 0 Å². The second-order valence-corrected chi connectivity index (χ2v) is 7.29. The van der Waals surface area contributed by atoms with Crippen LogP contribution in [0.5, 0.6) is 5.75 Å². The lowest BCUT2D eigenvalue weighted by Crippen LogP contribution is -2.50. The summed E-state index contributed by atoms with van der Waals surface area (Å²) >= 11 is 13.4. The minimum atomic E-state index is -0.735. The Labute approximate surface area is 149 Å². The van der Waals surface area contributed by atoms with Crippen LogP contribution in [0.25, 0.3) is 0 Å². The third-order valence-electron chi connectivity index (χ3n) is 3.39. The minimum absolute atomic E-state index is 0.0821. The van der Waals surface area contributed by atoms with Crippen molar-refractivity contribution < 1.29 is 14.3 Å². The molecule has 0 radical (unpaired) electrons. The number of likely N-dealkylation sites (N-methyl/N-ethyl adjacent to an activating group) is 1. The van der Waals surface area contributed by atoms with Gasteiger partial charge >= 0.3 is 0 Å². The van der Waals surface area contributed by atoms with Gasteiger partial charge in [0.15, 0.2) is 6.10 Å². The van der Waals surface area contributed by atoms with Crippen LogP contribution in [0.15, 0.2) is 18.2 Å². The molecule has 1 aliphatic heterocycles. The lowest BCUT2D eigenvalue weighted by molar-refractivity contribution is -0.145. The highest BCUT2D eigenvalue weighted by atomic mass is 35.5. The van der Waals surface area contributed by atoms with E-state index >= 15 is 0 Å². The van der Waals surface area contributed by atoms with Gasteiger partial charge in [-0.1, -0.05) is 23.2 Å². The topological polar surface area (TPSA) is 49.9 Å². The van der Waals surface area contributed by atoms with Crippen LogP contribution in [0.1, 0.15) is 6.92 Å². The van der Waals surface area contributed by atoms with Gasteiger partial charge in [-0.05, 0) is 25.1 Å². The van der Waals surface area contributed by atoms with Gasteiger partial charge in [0, 0.05) is 29.9 Å². The molecule has 126 valence electrons. The summed E-state index contributed by atoms with van der Waals surface area (Å²) in [4.78, 5) is 27.8. The first-order chi connectivity index (χ1) is 10.8. The van der Waals surface area contributed by atoms with Gasteiger partial charge in [-0.25, -0.2) is 0 Å². The molecular weight excluding hydrogens is 359 g/mol. The number of halogens is 2. The van der Waals surface area contributed by atoms with E-state index in [0.717, 1.165) is 0 Å². The van der Waals surface area contributed by atoms with Crippen LogP contribution in [0.4, 0.5) is 0 Å². The van der Waals surface area contributed by atoms with Crippen molar-refractivity contribution in [2.24, 2.45) is 0 Å². The summed E-state index contributed by atoms with van der Waals surface area (Å²) < 4.78 is 5.64. The number of hydrogen-bond acceptors (Lipinski definition) is 4. The average Bonchev–Trinajstić information content (AvgIpc) is 2.93. The summed E-state index contributed by atoms with van der Waals surface area (Å²) in [7, 11) is 3.36. The van der Waals surface area contributed by atoms with Crippen molar-refractivity contribution in [1.82, 2.24) is 9.80 Å². The van der Waals surface area contributed by atoms with Gasteiger partial charge in [-0.2, -0.15) is 0 Å². The molecule has 8 heteroatoms. The number of thioether (sulfide) groups is 1. The van der Waals surface area contributed by atoms with E-state index in [1.54, 1.807) is 55.9 Å². The lowest BCUT2D eigenvalue weighted by Gasteiger charge is -2.27. The minimum Gasteiger partial charge on any atom is -0.481 e. The number of amides is 2. The van der Waals surface area contributed by atoms with Crippen molar-refractivity contribution in [2.75, 3.05) is 25.7 Å². The van der Waals surface area contributed by atoms with Crippen LogP contribution < -0.4 is 4.74 Å². The fourth-order valence-electron chi connectivity index (χ4n) is 2.25. The number of ether oxygens (including phenoxy) is 1. The third-order valence-corrected chi connectivity index (χ3v) is 4.84. The molecule has 1 aromatic carbocycles. The van der Waals surface area contributed by atoms with E-state index in [4.69, 9.17) is 27.9 Å². The van der Waals surface area contributed by atoms with Crippen molar-refractivity contribution in [3.63, 3.8) is 0 Å². The van der Waals surface area contributed by atoms with Crippen LogP contribution in [0.2, 0.25) is 10.0 Å². The summed E-state index contributed by atoms with van der Waals surface area (Å²) in [5.74, 6) is 1.18. The maximum absolute atomic E-state index is 12.6. The van der Waals surface area contributed by atoms with Crippen molar-refractivity contribution in [3.05, 3.63) is 28.2 Å². The van der Waals surface area contributed by atoms with Crippen molar-refractivity contribution in [3.8, 4) is 5.75 Å². The van der Waals surface area contributed by atoms with Crippen molar-refractivity contribution in [2.45, 2.75) is 19.1 Å². The van der Waals surface area contributed by atoms with E-state index in [1.807, 2.05) is 0 Å². The molecular formula is C15H18Cl2N2O3S. The zero-order valence-corrected chi connectivity index (χ0v) is 15.4. The average molecular weight is 377 g/mol. The van der Waals surface area contributed by atoms with Crippen LogP contribution in [-0.4, -0.2) is 59.5 Å². The van der Waals surface area contributed by atoms with Crippen LogP contribution in [-0.2, 0) is 9.59 Å². The number of nitrogens with zero attached hydrogens (tertiary/aromatic N) is 2. The van der Waals surface area contributed by atoms with Crippen LogP contribution in [0.3, 0.4) is 0 Å². The van der Waals surface area contributed by atoms with Crippen LogP contribution >= 0.6 is 35.0 Å². The fraction of sp³-hybridized carbons (Fsp3) is 0.467. The largest absolute Gasteiger partial charge is 0.481 e. The highest BCUT2D eigenvalue weighted by molar-refractivity contribution is 7.99. The first-order valence-electron chi connectivity index (χ1n) is 7.01. The van der Waals surface area contributed by atoms with Crippen molar-refractivity contribution >= 4 is 46.8 Å². The molecule has 0 N–H and O–H groups in total. The molecule has 2 amide bonds. The normalized spacial score (nSPS) is 18.7. The van der Waals surface area contributed by atoms with Crippen molar-refractivity contribution in [1.29, 1.82) is 0 Å². The van der Waals surface area contributed by atoms with E-state index in [9.17, 15) is 9.59 Å². The van der Waals surface area contributed by atoms with Gasteiger partial charge in [-0.15, -0.1) is 11.8 Å². The first-order valence-corrected chi connectivity index (χ1v) is 8.93. The van der Waals surface area contributed by atoms with Gasteiger partial charge in [0.2, 0.25) is 5.91 Å². The Bertz CT molecular complexity index is 592. The molecule has 1 fully saturated rings. The smallest absolute Gasteiger partial charge is 0.264 e. The van der Waals surface area contributed by atoms with E-state index in [2.05, 4.69) is 0 Å². The second-order valence-electron chi connectivity index (χ2n) is 5.42. The predicted molar refractivity (Wildman–Crippen MR) is 93.2 cm³/mol. The Morgan fingerprint density at radius 2 is 1.91 bits per heavy atom. The zero-order valence-electron chi connectivity index (χ0n) is 13.1. The molecule has 2 rings (SSSR count). The number of carbonyl (C=O) groups is 2. The molecule has 0 aromatic heterocycles. The Morgan fingerprint density at radius 3 is 2.48 bits per heavy atom. The standard InChI is InChI=1S/C15H18Cl2N2O3S/c1-9(22-12-5-10(16)4-11(17)6-12)14(20)19-8-23-7-13(19)15(21)18(2)3/h4-6,9,13H,7-8H2,1-3H3/t9-,13-/m0/s1. The first kappa shape index (κ1) is 18.2. The molecule has 2 atom stereocenters. The molecule has 0 spiro atoms. The molecule has 0 saturated carbocycles. The lowest BCUT2D eigenvalue weighted by atomic mass is 10.2. The second kappa shape index (κ2) is 7.64. The summed E-state index contributed by atoms with van der Waals surface area (Å²) in [6, 6.07) is 4.33. The maximum atomic E-state index is 12.6. The van der Waals surface area contributed by atoms with E-state index < -0.39 is 12.1 Å². The molecule has 5 nitrogen and oxygen atoms in total.